The number of hydrogen-bond acceptors (Lipinski definition) is 0. The monoisotopic (exact) mass is 326 g/mol. The van der Waals surface area contributed by atoms with Crippen molar-refractivity contribution in [3.63, 3.8) is 0 Å². The molecule has 0 fully saturated rings. The molecule has 0 aliphatic heterocycles. The van der Waals surface area contributed by atoms with Crippen LogP contribution in [0.3, 0.4) is 0 Å². The Morgan fingerprint density at radius 1 is 1.22 bits per heavy atom. The summed E-state index contributed by atoms with van der Waals surface area (Å²) in [6.07, 6.45) is 0.730. The number of hydrogen-bond donors (Lipinski definition) is 0. The molecule has 0 aliphatic carbocycles. The summed E-state index contributed by atoms with van der Waals surface area (Å²) in [4.78, 5) is 0. The van der Waals surface area contributed by atoms with Gasteiger partial charge in [0, 0.05) is 4.47 Å². The fourth-order valence-corrected chi connectivity index (χ4v) is 2.84. The van der Waals surface area contributed by atoms with Crippen molar-refractivity contribution in [3.05, 3.63) is 69.4 Å². The summed E-state index contributed by atoms with van der Waals surface area (Å²) in [6.45, 7) is 1.88. The molecular weight excluding hydrogens is 315 g/mol. The second kappa shape index (κ2) is 5.85. The van der Waals surface area contributed by atoms with Gasteiger partial charge in [0.25, 0.3) is 0 Å². The van der Waals surface area contributed by atoms with E-state index in [2.05, 4.69) is 15.9 Å². The first-order valence-corrected chi connectivity index (χ1v) is 6.94. The lowest BCUT2D eigenvalue weighted by Crippen LogP contribution is -1.99. The van der Waals surface area contributed by atoms with Crippen LogP contribution in [0.2, 0.25) is 0 Å². The van der Waals surface area contributed by atoms with Gasteiger partial charge in [0.1, 0.15) is 5.82 Å². The molecular formula is C15H13BrClF. The van der Waals surface area contributed by atoms with Gasteiger partial charge in [-0.05, 0) is 54.3 Å². The molecule has 0 amide bonds. The van der Waals surface area contributed by atoms with E-state index in [1.54, 1.807) is 6.07 Å². The van der Waals surface area contributed by atoms with Crippen LogP contribution in [0.4, 0.5) is 4.39 Å². The van der Waals surface area contributed by atoms with Gasteiger partial charge in [-0.1, -0.05) is 34.1 Å². The van der Waals surface area contributed by atoms with Gasteiger partial charge < -0.3 is 0 Å². The van der Waals surface area contributed by atoms with Crippen molar-refractivity contribution in [1.29, 1.82) is 0 Å². The fourth-order valence-electron chi connectivity index (χ4n) is 1.97. The second-order valence-corrected chi connectivity index (χ2v) is 5.74. The average molecular weight is 328 g/mol. The van der Waals surface area contributed by atoms with Gasteiger partial charge in [0.15, 0.2) is 0 Å². The first-order chi connectivity index (χ1) is 8.56. The van der Waals surface area contributed by atoms with E-state index in [0.717, 1.165) is 27.6 Å². The third-order valence-corrected chi connectivity index (χ3v) is 3.76. The van der Waals surface area contributed by atoms with Crippen LogP contribution in [0.25, 0.3) is 0 Å². The van der Waals surface area contributed by atoms with E-state index in [-0.39, 0.29) is 11.2 Å². The average Bonchev–Trinajstić information content (AvgIpc) is 2.28. The molecule has 0 nitrogen and oxygen atoms in total. The van der Waals surface area contributed by atoms with Crippen LogP contribution in [0.5, 0.6) is 0 Å². The molecule has 0 aromatic heterocycles. The molecule has 0 heterocycles. The summed E-state index contributed by atoms with van der Waals surface area (Å²) in [5, 5.41) is -0.139. The van der Waals surface area contributed by atoms with Crippen LogP contribution >= 0.6 is 27.5 Å². The fraction of sp³-hybridized carbons (Fsp3) is 0.200. The Morgan fingerprint density at radius 3 is 2.67 bits per heavy atom. The molecule has 3 heteroatoms. The summed E-state index contributed by atoms with van der Waals surface area (Å²) < 4.78 is 14.1. The molecule has 0 saturated carbocycles. The zero-order valence-electron chi connectivity index (χ0n) is 9.96. The topological polar surface area (TPSA) is 0 Å². The minimum absolute atomic E-state index is 0.139. The molecule has 94 valence electrons. The molecule has 0 N–H and O–H groups in total. The van der Waals surface area contributed by atoms with E-state index in [0.29, 0.717) is 0 Å². The molecule has 2 rings (SSSR count). The predicted molar refractivity (Wildman–Crippen MR) is 77.6 cm³/mol. The Bertz CT molecular complexity index is 554. The van der Waals surface area contributed by atoms with E-state index in [1.807, 2.05) is 31.2 Å². The van der Waals surface area contributed by atoms with Gasteiger partial charge in [-0.2, -0.15) is 0 Å². The summed E-state index contributed by atoms with van der Waals surface area (Å²) >= 11 is 9.85. The van der Waals surface area contributed by atoms with Crippen molar-refractivity contribution < 1.29 is 4.39 Å². The minimum Gasteiger partial charge on any atom is -0.207 e. The highest BCUT2D eigenvalue weighted by atomic mass is 79.9. The normalized spacial score (nSPS) is 12.4. The lowest BCUT2D eigenvalue weighted by Gasteiger charge is -2.13. The predicted octanol–water partition coefficient (Wildman–Crippen LogP) is 5.42. The summed E-state index contributed by atoms with van der Waals surface area (Å²) in [6, 6.07) is 12.8. The molecule has 2 aromatic carbocycles. The van der Waals surface area contributed by atoms with Crippen LogP contribution in [-0.4, -0.2) is 0 Å². The Morgan fingerprint density at radius 2 is 2.00 bits per heavy atom. The van der Waals surface area contributed by atoms with Crippen molar-refractivity contribution in [2.75, 3.05) is 0 Å². The molecule has 1 atom stereocenters. The third kappa shape index (κ3) is 3.33. The van der Waals surface area contributed by atoms with E-state index in [1.165, 1.54) is 12.1 Å². The van der Waals surface area contributed by atoms with Crippen molar-refractivity contribution in [3.8, 4) is 0 Å². The maximum absolute atomic E-state index is 13.0. The van der Waals surface area contributed by atoms with Gasteiger partial charge in [0.05, 0.1) is 5.38 Å². The molecule has 2 aromatic rings. The van der Waals surface area contributed by atoms with Crippen LogP contribution in [0, 0.1) is 12.7 Å². The first-order valence-electron chi connectivity index (χ1n) is 5.71. The van der Waals surface area contributed by atoms with Gasteiger partial charge in [0.2, 0.25) is 0 Å². The number of aryl methyl sites for hydroxylation is 1. The summed E-state index contributed by atoms with van der Waals surface area (Å²) in [5.74, 6) is -0.220. The molecule has 1 unspecified atom stereocenters. The molecule has 0 bridgehead atoms. The smallest absolute Gasteiger partial charge is 0.123 e. The lowest BCUT2D eigenvalue weighted by molar-refractivity contribution is 0.625. The highest BCUT2D eigenvalue weighted by Crippen LogP contribution is 2.28. The number of rotatable bonds is 3. The zero-order chi connectivity index (χ0) is 13.1. The third-order valence-electron chi connectivity index (χ3n) is 2.87. The van der Waals surface area contributed by atoms with E-state index in [9.17, 15) is 4.39 Å². The highest BCUT2D eigenvalue weighted by molar-refractivity contribution is 9.10. The van der Waals surface area contributed by atoms with E-state index < -0.39 is 0 Å². The quantitative estimate of drug-likeness (QED) is 0.660. The van der Waals surface area contributed by atoms with Crippen molar-refractivity contribution in [2.45, 2.75) is 18.7 Å². The van der Waals surface area contributed by atoms with Crippen LogP contribution < -0.4 is 0 Å². The van der Waals surface area contributed by atoms with Crippen LogP contribution in [0.15, 0.2) is 46.9 Å². The lowest BCUT2D eigenvalue weighted by atomic mass is 10.00. The maximum atomic E-state index is 13.0. The number of alkyl halides is 1. The Balaban J connectivity index is 2.19. The van der Waals surface area contributed by atoms with Crippen LogP contribution in [-0.2, 0) is 6.42 Å². The summed E-state index contributed by atoms with van der Waals surface area (Å²) in [5.41, 5.74) is 3.04. The standard InChI is InChI=1S/C15H13BrClF/c1-10-7-13(18)5-6-14(10)15(17)9-11-3-2-4-12(16)8-11/h2-8,15H,9H2,1H3. The van der Waals surface area contributed by atoms with Crippen molar-refractivity contribution >= 4 is 27.5 Å². The second-order valence-electron chi connectivity index (χ2n) is 4.30. The van der Waals surface area contributed by atoms with Crippen molar-refractivity contribution in [2.24, 2.45) is 0 Å². The number of halogens is 3. The minimum atomic E-state index is -0.220. The molecule has 0 saturated heterocycles. The Hall–Kier alpha value is -0.860. The summed E-state index contributed by atoms with van der Waals surface area (Å²) in [7, 11) is 0. The first kappa shape index (κ1) is 13.6. The highest BCUT2D eigenvalue weighted by Gasteiger charge is 2.12. The Labute approximate surface area is 120 Å². The van der Waals surface area contributed by atoms with Gasteiger partial charge in [-0.3, -0.25) is 0 Å². The van der Waals surface area contributed by atoms with E-state index in [4.69, 9.17) is 11.6 Å². The van der Waals surface area contributed by atoms with Crippen molar-refractivity contribution in [1.82, 2.24) is 0 Å². The largest absolute Gasteiger partial charge is 0.207 e. The van der Waals surface area contributed by atoms with Gasteiger partial charge in [-0.15, -0.1) is 11.6 Å². The van der Waals surface area contributed by atoms with Crippen LogP contribution in [0.1, 0.15) is 22.1 Å². The van der Waals surface area contributed by atoms with E-state index >= 15 is 0 Å². The molecule has 0 aliphatic rings. The zero-order valence-corrected chi connectivity index (χ0v) is 12.3. The van der Waals surface area contributed by atoms with Gasteiger partial charge >= 0.3 is 0 Å². The molecule has 18 heavy (non-hydrogen) atoms. The number of benzene rings is 2. The molecule has 0 spiro atoms. The maximum Gasteiger partial charge on any atom is 0.123 e. The molecule has 0 radical (unpaired) electrons. The Kier molecular flexibility index (Phi) is 4.41. The SMILES string of the molecule is Cc1cc(F)ccc1C(Cl)Cc1cccc(Br)c1. The van der Waals surface area contributed by atoms with Gasteiger partial charge in [-0.25, -0.2) is 4.39 Å².